The molecule has 0 saturated heterocycles. The van der Waals surface area contributed by atoms with Crippen molar-refractivity contribution in [1.29, 1.82) is 0 Å². The van der Waals surface area contributed by atoms with Crippen LogP contribution in [0, 0.1) is 13.8 Å². The second-order valence-corrected chi connectivity index (χ2v) is 25.7. The number of anilines is 6. The van der Waals surface area contributed by atoms with Crippen molar-refractivity contribution in [2.75, 3.05) is 9.80 Å². The first-order chi connectivity index (χ1) is 32.5. The van der Waals surface area contributed by atoms with Gasteiger partial charge in [0.1, 0.15) is 11.2 Å². The zero-order chi connectivity index (χ0) is 48.3. The quantitative estimate of drug-likeness (QED) is 0.161. The van der Waals surface area contributed by atoms with E-state index in [1.165, 1.54) is 113 Å². The number of fused-ring (bicyclic) bond motifs is 11. The molecule has 0 N–H and O–H groups in total. The fourth-order valence-corrected chi connectivity index (χ4v) is 14.9. The highest BCUT2D eigenvalue weighted by Crippen LogP contribution is 2.57. The van der Waals surface area contributed by atoms with Gasteiger partial charge in [-0.1, -0.05) is 150 Å². The molecule has 8 aromatic rings. The highest BCUT2D eigenvalue weighted by atomic mass is 16.3. The third-order valence-corrected chi connectivity index (χ3v) is 18.5. The number of hydrogen-bond donors (Lipinski definition) is 0. The lowest BCUT2D eigenvalue weighted by Gasteiger charge is -2.49. The van der Waals surface area contributed by atoms with Crippen LogP contribution in [0.3, 0.4) is 0 Å². The molecule has 0 bridgehead atoms. The fourth-order valence-electron chi connectivity index (χ4n) is 14.9. The summed E-state index contributed by atoms with van der Waals surface area (Å²) < 4.78 is 6.69. The van der Waals surface area contributed by atoms with Gasteiger partial charge in [-0.15, -0.1) is 0 Å². The molecule has 0 unspecified atom stereocenters. The van der Waals surface area contributed by atoms with Crippen LogP contribution in [-0.4, -0.2) is 6.71 Å². The second-order valence-electron chi connectivity index (χ2n) is 25.7. The normalized spacial score (nSPS) is 19.9. The van der Waals surface area contributed by atoms with Crippen molar-refractivity contribution in [2.45, 2.75) is 149 Å². The summed E-state index contributed by atoms with van der Waals surface area (Å²) in [5, 5.41) is 2.31. The van der Waals surface area contributed by atoms with Crippen LogP contribution < -0.4 is 26.2 Å². The van der Waals surface area contributed by atoms with E-state index in [-0.39, 0.29) is 39.2 Å². The molecule has 2 aliphatic heterocycles. The third-order valence-electron chi connectivity index (χ3n) is 18.5. The summed E-state index contributed by atoms with van der Waals surface area (Å²) in [5.74, 6) is 0. The minimum Gasteiger partial charge on any atom is -0.456 e. The molecule has 0 spiro atoms. The number of para-hydroxylation sites is 1. The van der Waals surface area contributed by atoms with E-state index in [2.05, 4.69) is 222 Å². The number of furan rings is 1. The lowest BCUT2D eigenvalue weighted by atomic mass is 9.32. The van der Waals surface area contributed by atoms with Gasteiger partial charge in [-0.05, 0) is 175 Å². The summed E-state index contributed by atoms with van der Waals surface area (Å²) in [5.41, 5.74) is 27.6. The van der Waals surface area contributed by atoms with E-state index in [4.69, 9.17) is 4.42 Å². The summed E-state index contributed by atoms with van der Waals surface area (Å²) in [6, 6.07) is 45.4. The molecule has 69 heavy (non-hydrogen) atoms. The Bertz CT molecular complexity index is 3590. The van der Waals surface area contributed by atoms with Crippen LogP contribution in [0.2, 0.25) is 0 Å². The molecular formula is C65H67BN2O. The van der Waals surface area contributed by atoms with Crippen LogP contribution in [0.1, 0.15) is 158 Å². The summed E-state index contributed by atoms with van der Waals surface area (Å²) in [4.78, 5) is 5.38. The standard InChI is InChI=1S/C65H67BN2O/c1-37-28-54-59-55(29-37)68(51-33-44-42(30-38(51)2)60(3,4)26-27-61(44,5)6)53-35-47-46(64(11,12)40-21-16-17-22-41(40)65(47,13)14)32-49(53)66(59)48-31-43-45(63(9,10)36-62(43,7)8)34-52(48)67(54)50-23-19-25-57-58(50)39-20-15-18-24-56(39)69-57/h15-25,28-35H,26-27,36H2,1-14H3. The Morgan fingerprint density at radius 3 is 1.54 bits per heavy atom. The van der Waals surface area contributed by atoms with E-state index in [1.54, 1.807) is 0 Å². The van der Waals surface area contributed by atoms with Gasteiger partial charge in [-0.25, -0.2) is 0 Å². The smallest absolute Gasteiger partial charge is 0.252 e. The van der Waals surface area contributed by atoms with E-state index in [9.17, 15) is 0 Å². The minimum absolute atomic E-state index is 0.00657. The number of nitrogens with zero attached hydrogens (tertiary/aromatic N) is 2. The van der Waals surface area contributed by atoms with Gasteiger partial charge in [0.2, 0.25) is 0 Å². The molecule has 3 heterocycles. The highest BCUT2D eigenvalue weighted by Gasteiger charge is 2.51. The van der Waals surface area contributed by atoms with E-state index in [1.807, 2.05) is 0 Å². The SMILES string of the molecule is Cc1cc2c3c(c1)N(c1cccc4oc5ccccc5c14)c1cc4c(cc1B3c1cc3c(cc1N2c1cc2c(cc1C)C(C)(C)CCC2(C)C)C(C)(C)c1ccccc1C3(C)C)C(C)(C)CC4(C)C. The first kappa shape index (κ1) is 43.1. The summed E-state index contributed by atoms with van der Waals surface area (Å²) in [6.45, 7) is 34.3. The van der Waals surface area contributed by atoms with Crippen molar-refractivity contribution in [2.24, 2.45) is 0 Å². The molecule has 1 aromatic heterocycles. The Morgan fingerprint density at radius 1 is 0.420 bits per heavy atom. The first-order valence-electron chi connectivity index (χ1n) is 25.8. The fraction of sp³-hybridized carbons (Fsp3) is 0.354. The lowest BCUT2D eigenvalue weighted by Crippen LogP contribution is -2.62. The van der Waals surface area contributed by atoms with Gasteiger partial charge in [0.15, 0.2) is 0 Å². The molecule has 0 fully saturated rings. The van der Waals surface area contributed by atoms with E-state index < -0.39 is 0 Å². The van der Waals surface area contributed by atoms with Crippen molar-refractivity contribution < 1.29 is 4.42 Å². The van der Waals surface area contributed by atoms with Crippen molar-refractivity contribution >= 4 is 79.2 Å². The topological polar surface area (TPSA) is 19.6 Å². The number of benzene rings is 7. The number of aryl methyl sites for hydroxylation is 2. The van der Waals surface area contributed by atoms with Gasteiger partial charge in [-0.2, -0.15) is 0 Å². The third kappa shape index (κ3) is 5.64. The van der Waals surface area contributed by atoms with Gasteiger partial charge >= 0.3 is 0 Å². The average Bonchev–Trinajstić information content (AvgIpc) is 3.76. The van der Waals surface area contributed by atoms with E-state index in [0.29, 0.717) is 0 Å². The molecule has 5 aliphatic rings. The Morgan fingerprint density at radius 2 is 0.899 bits per heavy atom. The Kier molecular flexibility index (Phi) is 8.39. The molecule has 4 heteroatoms. The summed E-state index contributed by atoms with van der Waals surface area (Å²) in [7, 11) is 0. The van der Waals surface area contributed by atoms with Gasteiger partial charge in [0, 0.05) is 44.7 Å². The molecule has 0 atom stereocenters. The molecular weight excluding hydrogens is 836 g/mol. The number of rotatable bonds is 2. The van der Waals surface area contributed by atoms with Crippen LogP contribution in [0.5, 0.6) is 0 Å². The predicted octanol–water partition coefficient (Wildman–Crippen LogP) is 15.6. The van der Waals surface area contributed by atoms with Crippen molar-refractivity contribution in [3.05, 3.63) is 171 Å². The molecule has 3 nitrogen and oxygen atoms in total. The van der Waals surface area contributed by atoms with Crippen molar-refractivity contribution in [1.82, 2.24) is 0 Å². The average molecular weight is 903 g/mol. The Hall–Kier alpha value is -6.00. The maximum atomic E-state index is 6.69. The maximum absolute atomic E-state index is 6.69. The van der Waals surface area contributed by atoms with E-state index in [0.717, 1.165) is 34.0 Å². The molecule has 0 radical (unpaired) electrons. The van der Waals surface area contributed by atoms with Gasteiger partial charge in [0.05, 0.1) is 11.1 Å². The van der Waals surface area contributed by atoms with Gasteiger partial charge < -0.3 is 14.2 Å². The van der Waals surface area contributed by atoms with Crippen LogP contribution in [0.25, 0.3) is 21.9 Å². The Labute approximate surface area is 411 Å². The lowest BCUT2D eigenvalue weighted by molar-refractivity contribution is 0.332. The Balaban J connectivity index is 1.19. The van der Waals surface area contributed by atoms with Crippen LogP contribution in [0.4, 0.5) is 34.1 Å². The van der Waals surface area contributed by atoms with Crippen LogP contribution in [-0.2, 0) is 32.5 Å². The largest absolute Gasteiger partial charge is 0.456 e. The first-order valence-corrected chi connectivity index (χ1v) is 25.8. The van der Waals surface area contributed by atoms with Crippen LogP contribution >= 0.6 is 0 Å². The molecule has 0 saturated carbocycles. The van der Waals surface area contributed by atoms with Gasteiger partial charge in [-0.3, -0.25) is 0 Å². The maximum Gasteiger partial charge on any atom is 0.252 e. The van der Waals surface area contributed by atoms with E-state index >= 15 is 0 Å². The second kappa shape index (κ2) is 13.4. The molecule has 0 amide bonds. The summed E-state index contributed by atoms with van der Waals surface area (Å²) >= 11 is 0. The zero-order valence-electron chi connectivity index (χ0n) is 43.5. The minimum atomic E-state index is -0.208. The predicted molar refractivity (Wildman–Crippen MR) is 294 cm³/mol. The number of hydrogen-bond acceptors (Lipinski definition) is 3. The van der Waals surface area contributed by atoms with Crippen LogP contribution in [0.15, 0.2) is 120 Å². The zero-order valence-corrected chi connectivity index (χ0v) is 43.5. The monoisotopic (exact) mass is 903 g/mol. The van der Waals surface area contributed by atoms with Crippen molar-refractivity contribution in [3.8, 4) is 0 Å². The molecule has 13 rings (SSSR count). The summed E-state index contributed by atoms with van der Waals surface area (Å²) in [6.07, 6.45) is 3.46. The molecule has 3 aliphatic carbocycles. The molecule has 346 valence electrons. The molecule has 7 aromatic carbocycles. The van der Waals surface area contributed by atoms with Crippen molar-refractivity contribution in [3.63, 3.8) is 0 Å². The highest BCUT2D eigenvalue weighted by molar-refractivity contribution is 7.00. The van der Waals surface area contributed by atoms with Gasteiger partial charge in [0.25, 0.3) is 6.71 Å².